The van der Waals surface area contributed by atoms with Gasteiger partial charge in [-0.3, -0.25) is 4.90 Å². The molecule has 0 N–H and O–H groups in total. The molecule has 10 heavy (non-hydrogen) atoms. The second kappa shape index (κ2) is 2.27. The van der Waals surface area contributed by atoms with Gasteiger partial charge in [0.05, 0.1) is 0 Å². The molecule has 0 aliphatic carbocycles. The molecule has 0 radical (unpaired) electrons. The number of rotatable bonds is 1. The molecule has 1 heterocycles. The van der Waals surface area contributed by atoms with Gasteiger partial charge in [-0.2, -0.15) is 0 Å². The summed E-state index contributed by atoms with van der Waals surface area (Å²) in [5.41, 5.74) is 0. The Bertz CT molecular complexity index is 149. The fourth-order valence-corrected chi connectivity index (χ4v) is 1.14. The minimum absolute atomic E-state index is 0.201. The normalized spacial score (nSPS) is 32.5. The molecule has 58 valence electrons. The molecule has 1 aliphatic heterocycles. The van der Waals surface area contributed by atoms with Crippen molar-refractivity contribution in [3.8, 4) is 0 Å². The third-order valence-corrected chi connectivity index (χ3v) is 1.83. The van der Waals surface area contributed by atoms with Crippen LogP contribution in [0.25, 0.3) is 0 Å². The Morgan fingerprint density at radius 2 is 2.30 bits per heavy atom. The topological polar surface area (TPSA) is 20.3 Å². The van der Waals surface area contributed by atoms with Crippen LogP contribution in [0, 0.1) is 0 Å². The molecule has 0 aromatic carbocycles. The molecule has 0 saturated carbocycles. The summed E-state index contributed by atoms with van der Waals surface area (Å²) in [6.45, 7) is 0.302. The van der Waals surface area contributed by atoms with Crippen molar-refractivity contribution >= 4 is 6.29 Å². The number of nitrogens with zero attached hydrogens (tertiary/aromatic N) is 1. The zero-order valence-electron chi connectivity index (χ0n) is 5.68. The van der Waals surface area contributed by atoms with E-state index in [-0.39, 0.29) is 6.42 Å². The van der Waals surface area contributed by atoms with Crippen molar-refractivity contribution < 1.29 is 13.6 Å². The molecule has 0 bridgehead atoms. The van der Waals surface area contributed by atoms with Crippen molar-refractivity contribution in [1.29, 1.82) is 0 Å². The SMILES string of the molecule is CN1CCC(F)(F)C1C=O. The zero-order chi connectivity index (χ0) is 7.78. The Labute approximate surface area is 57.8 Å². The number of carbonyl (C=O) groups is 1. The highest BCUT2D eigenvalue weighted by Crippen LogP contribution is 2.31. The van der Waals surface area contributed by atoms with Gasteiger partial charge in [-0.15, -0.1) is 0 Å². The van der Waals surface area contributed by atoms with E-state index in [4.69, 9.17) is 0 Å². The fraction of sp³-hybridized carbons (Fsp3) is 0.833. The van der Waals surface area contributed by atoms with Crippen molar-refractivity contribution in [2.75, 3.05) is 13.6 Å². The Balaban J connectivity index is 2.72. The van der Waals surface area contributed by atoms with E-state index in [1.54, 1.807) is 0 Å². The molecule has 0 spiro atoms. The van der Waals surface area contributed by atoms with Crippen molar-refractivity contribution in [2.45, 2.75) is 18.4 Å². The van der Waals surface area contributed by atoms with Crippen LogP contribution < -0.4 is 0 Å². The van der Waals surface area contributed by atoms with Crippen molar-refractivity contribution in [3.05, 3.63) is 0 Å². The van der Waals surface area contributed by atoms with Gasteiger partial charge >= 0.3 is 0 Å². The van der Waals surface area contributed by atoms with Gasteiger partial charge in [-0.25, -0.2) is 8.78 Å². The maximum Gasteiger partial charge on any atom is 0.271 e. The number of hydrogen-bond acceptors (Lipinski definition) is 2. The van der Waals surface area contributed by atoms with E-state index in [0.29, 0.717) is 12.8 Å². The highest BCUT2D eigenvalue weighted by molar-refractivity contribution is 5.60. The number of likely N-dealkylation sites (N-methyl/N-ethyl adjacent to an activating group) is 1. The lowest BCUT2D eigenvalue weighted by atomic mass is 10.2. The first-order chi connectivity index (χ1) is 4.58. The highest BCUT2D eigenvalue weighted by Gasteiger charge is 2.47. The maximum absolute atomic E-state index is 12.6. The summed E-state index contributed by atoms with van der Waals surface area (Å²) in [6.07, 6.45) is 0.111. The lowest BCUT2D eigenvalue weighted by Crippen LogP contribution is -2.37. The molecule has 1 atom stereocenters. The minimum Gasteiger partial charge on any atom is -0.301 e. The average Bonchev–Trinajstić information content (AvgIpc) is 2.07. The number of aldehydes is 1. The summed E-state index contributed by atoms with van der Waals surface area (Å²) in [5.74, 6) is -2.81. The molecular formula is C6H9F2NO. The summed E-state index contributed by atoms with van der Waals surface area (Å²) in [4.78, 5) is 11.5. The quantitative estimate of drug-likeness (QED) is 0.507. The van der Waals surface area contributed by atoms with Crippen LogP contribution in [0.4, 0.5) is 8.78 Å². The van der Waals surface area contributed by atoms with E-state index >= 15 is 0 Å². The molecule has 0 aromatic rings. The largest absolute Gasteiger partial charge is 0.301 e. The number of hydrogen-bond donors (Lipinski definition) is 0. The van der Waals surface area contributed by atoms with Gasteiger partial charge in [0.1, 0.15) is 12.3 Å². The first-order valence-electron chi connectivity index (χ1n) is 3.11. The number of alkyl halides is 2. The van der Waals surface area contributed by atoms with Crippen LogP contribution in [0.15, 0.2) is 0 Å². The number of carbonyl (C=O) groups excluding carboxylic acids is 1. The van der Waals surface area contributed by atoms with Gasteiger partial charge in [0.2, 0.25) is 0 Å². The standard InChI is InChI=1S/C6H9F2NO/c1-9-3-2-6(7,8)5(9)4-10/h4-5H,2-3H2,1H3. The summed E-state index contributed by atoms with van der Waals surface area (Å²) < 4.78 is 25.2. The van der Waals surface area contributed by atoms with Crippen molar-refractivity contribution in [2.24, 2.45) is 0 Å². The molecule has 1 unspecified atom stereocenters. The molecule has 2 nitrogen and oxygen atoms in total. The average molecular weight is 149 g/mol. The highest BCUT2D eigenvalue weighted by atomic mass is 19.3. The van der Waals surface area contributed by atoms with Gasteiger partial charge in [0, 0.05) is 13.0 Å². The monoisotopic (exact) mass is 149 g/mol. The second-order valence-electron chi connectivity index (χ2n) is 2.57. The van der Waals surface area contributed by atoms with Crippen molar-refractivity contribution in [1.82, 2.24) is 4.90 Å². The molecule has 0 aromatic heterocycles. The maximum atomic E-state index is 12.6. The van der Waals surface area contributed by atoms with E-state index in [0.717, 1.165) is 0 Å². The van der Waals surface area contributed by atoms with Crippen LogP contribution in [-0.4, -0.2) is 36.7 Å². The summed E-state index contributed by atoms with van der Waals surface area (Å²) in [5, 5.41) is 0. The lowest BCUT2D eigenvalue weighted by Gasteiger charge is -2.17. The molecule has 1 rings (SSSR count). The third-order valence-electron chi connectivity index (χ3n) is 1.83. The van der Waals surface area contributed by atoms with Gasteiger partial charge in [0.15, 0.2) is 0 Å². The van der Waals surface area contributed by atoms with Gasteiger partial charge in [0.25, 0.3) is 5.92 Å². The summed E-state index contributed by atoms with van der Waals surface area (Å²) >= 11 is 0. The Morgan fingerprint density at radius 1 is 1.70 bits per heavy atom. The molecule has 1 saturated heterocycles. The van der Waals surface area contributed by atoms with E-state index in [1.807, 2.05) is 0 Å². The smallest absolute Gasteiger partial charge is 0.271 e. The number of halogens is 2. The lowest BCUT2D eigenvalue weighted by molar-refractivity contribution is -0.120. The predicted octanol–water partition coefficient (Wildman–Crippen LogP) is 0.525. The molecule has 0 amide bonds. The Hall–Kier alpha value is -0.510. The summed E-state index contributed by atoms with van der Waals surface area (Å²) in [6, 6.07) is -1.20. The second-order valence-corrected chi connectivity index (χ2v) is 2.57. The van der Waals surface area contributed by atoms with E-state index in [2.05, 4.69) is 0 Å². The van der Waals surface area contributed by atoms with Gasteiger partial charge in [-0.1, -0.05) is 0 Å². The van der Waals surface area contributed by atoms with Crippen LogP contribution in [0.2, 0.25) is 0 Å². The van der Waals surface area contributed by atoms with Gasteiger partial charge in [-0.05, 0) is 7.05 Å². The fourth-order valence-electron chi connectivity index (χ4n) is 1.14. The zero-order valence-corrected chi connectivity index (χ0v) is 5.68. The van der Waals surface area contributed by atoms with Crippen LogP contribution in [0.1, 0.15) is 6.42 Å². The predicted molar refractivity (Wildman–Crippen MR) is 32.0 cm³/mol. The van der Waals surface area contributed by atoms with E-state index < -0.39 is 12.0 Å². The Morgan fingerprint density at radius 3 is 2.50 bits per heavy atom. The van der Waals surface area contributed by atoms with Gasteiger partial charge < -0.3 is 4.79 Å². The molecule has 1 fully saturated rings. The van der Waals surface area contributed by atoms with Crippen LogP contribution in [0.3, 0.4) is 0 Å². The third kappa shape index (κ3) is 1.03. The Kier molecular flexibility index (Phi) is 1.72. The van der Waals surface area contributed by atoms with Crippen LogP contribution in [-0.2, 0) is 4.79 Å². The first kappa shape index (κ1) is 7.60. The minimum atomic E-state index is -2.81. The van der Waals surface area contributed by atoms with Crippen LogP contribution >= 0.6 is 0 Å². The molecular weight excluding hydrogens is 140 g/mol. The molecule has 4 heteroatoms. The first-order valence-corrected chi connectivity index (χ1v) is 3.11. The van der Waals surface area contributed by atoms with Crippen LogP contribution in [0.5, 0.6) is 0 Å². The summed E-state index contributed by atoms with van der Waals surface area (Å²) in [7, 11) is 1.53. The number of likely N-dealkylation sites (tertiary alicyclic amines) is 1. The van der Waals surface area contributed by atoms with E-state index in [9.17, 15) is 13.6 Å². The van der Waals surface area contributed by atoms with Crippen molar-refractivity contribution in [3.63, 3.8) is 0 Å². The van der Waals surface area contributed by atoms with E-state index in [1.165, 1.54) is 11.9 Å². The molecule has 1 aliphatic rings.